The largest absolute Gasteiger partial charge is 0.543 e. The van der Waals surface area contributed by atoms with Crippen LogP contribution in [0.5, 0.6) is 0 Å². The van der Waals surface area contributed by atoms with E-state index in [9.17, 15) is 19.5 Å². The normalized spacial score (nSPS) is 20.2. The summed E-state index contributed by atoms with van der Waals surface area (Å²) in [5.74, 6) is -2.50. The Morgan fingerprint density at radius 2 is 2.18 bits per heavy atom. The highest BCUT2D eigenvalue weighted by Gasteiger charge is 2.53. The fraction of sp³-hybridized carbons (Fsp3) is 0.250. The molecule has 176 valence electrons. The first-order chi connectivity index (χ1) is 16.4. The SMILES string of the molecule is CON=C(C(=O)NC1C(=O)N2C(C(=O)[O-])=C(C=CC[n+]3ccccc3)CS[C@H]12)c1nsc(N)n1. The number of carboxylic acid groups (broad SMARTS) is 1. The fourth-order valence-corrected chi connectivity index (χ4v) is 5.20. The molecule has 34 heavy (non-hydrogen) atoms. The molecule has 1 saturated heterocycles. The third kappa shape index (κ3) is 4.63. The number of anilines is 1. The second-order valence-electron chi connectivity index (χ2n) is 7.08. The number of nitrogens with zero attached hydrogens (tertiary/aromatic N) is 5. The van der Waals surface area contributed by atoms with Gasteiger partial charge in [-0.05, 0) is 11.6 Å². The molecule has 3 N–H and O–H groups in total. The van der Waals surface area contributed by atoms with E-state index in [0.29, 0.717) is 17.9 Å². The van der Waals surface area contributed by atoms with Gasteiger partial charge in [-0.3, -0.25) is 14.5 Å². The Morgan fingerprint density at radius 1 is 1.41 bits per heavy atom. The second-order valence-corrected chi connectivity index (χ2v) is 8.96. The Hall–Kier alpha value is -3.78. The maximum atomic E-state index is 12.8. The highest BCUT2D eigenvalue weighted by atomic mass is 32.2. The molecule has 2 aliphatic rings. The molecule has 0 aromatic carbocycles. The van der Waals surface area contributed by atoms with E-state index in [1.807, 2.05) is 41.2 Å². The summed E-state index contributed by atoms with van der Waals surface area (Å²) in [6.07, 6.45) is 7.25. The summed E-state index contributed by atoms with van der Waals surface area (Å²) >= 11 is 2.21. The number of hydrogen-bond acceptors (Lipinski definition) is 11. The summed E-state index contributed by atoms with van der Waals surface area (Å²) in [5, 5.41) is 17.6. The van der Waals surface area contributed by atoms with Gasteiger partial charge >= 0.3 is 0 Å². The highest BCUT2D eigenvalue weighted by molar-refractivity contribution is 8.00. The molecule has 2 aliphatic heterocycles. The average molecular weight is 502 g/mol. The van der Waals surface area contributed by atoms with Crippen molar-refractivity contribution in [3.63, 3.8) is 0 Å². The van der Waals surface area contributed by atoms with Crippen LogP contribution in [-0.2, 0) is 25.8 Å². The van der Waals surface area contributed by atoms with Crippen LogP contribution in [0.1, 0.15) is 5.82 Å². The predicted molar refractivity (Wildman–Crippen MR) is 121 cm³/mol. The number of aromatic nitrogens is 3. The Labute approximate surface area is 202 Å². The number of oxime groups is 1. The number of carbonyl (C=O) groups is 3. The number of pyridine rings is 1. The van der Waals surface area contributed by atoms with Crippen molar-refractivity contribution < 1.29 is 28.9 Å². The number of β-lactam (4-membered cyclic amide) rings is 1. The predicted octanol–water partition coefficient (Wildman–Crippen LogP) is -1.58. The summed E-state index contributed by atoms with van der Waals surface area (Å²) in [5.41, 5.74) is 5.57. The van der Waals surface area contributed by atoms with Crippen LogP contribution in [0.2, 0.25) is 0 Å². The van der Waals surface area contributed by atoms with Gasteiger partial charge in [0.2, 0.25) is 11.5 Å². The van der Waals surface area contributed by atoms with Gasteiger partial charge in [-0.15, -0.1) is 11.8 Å². The summed E-state index contributed by atoms with van der Waals surface area (Å²) < 4.78 is 5.85. The smallest absolute Gasteiger partial charge is 0.278 e. The number of carboxylic acids is 1. The quantitative estimate of drug-likeness (QED) is 0.188. The van der Waals surface area contributed by atoms with Crippen molar-refractivity contribution in [1.82, 2.24) is 19.6 Å². The zero-order chi connectivity index (χ0) is 24.2. The van der Waals surface area contributed by atoms with Crippen LogP contribution in [0.25, 0.3) is 0 Å². The number of nitrogen functional groups attached to an aromatic ring is 1. The average Bonchev–Trinajstić information content (AvgIpc) is 3.26. The van der Waals surface area contributed by atoms with Crippen LogP contribution in [-0.4, -0.2) is 62.0 Å². The number of aliphatic carboxylic acids is 1. The van der Waals surface area contributed by atoms with Crippen molar-refractivity contribution >= 4 is 51.9 Å². The van der Waals surface area contributed by atoms with Gasteiger partial charge in [0.15, 0.2) is 24.1 Å². The molecular weight excluding hydrogens is 482 g/mol. The van der Waals surface area contributed by atoms with E-state index >= 15 is 0 Å². The Kier molecular flexibility index (Phi) is 6.88. The molecule has 4 heterocycles. The lowest BCUT2D eigenvalue weighted by Crippen LogP contribution is -2.71. The summed E-state index contributed by atoms with van der Waals surface area (Å²) in [6, 6.07) is 4.70. The van der Waals surface area contributed by atoms with Crippen molar-refractivity contribution in [2.45, 2.75) is 18.0 Å². The first kappa shape index (κ1) is 23.4. The molecule has 1 unspecified atom stereocenters. The number of hydrogen-bond donors (Lipinski definition) is 2. The fourth-order valence-electron chi connectivity index (χ4n) is 3.45. The summed E-state index contributed by atoms with van der Waals surface area (Å²) in [7, 11) is 1.25. The zero-order valence-electron chi connectivity index (χ0n) is 17.8. The number of nitrogens with one attached hydrogen (secondary N) is 1. The van der Waals surface area contributed by atoms with Crippen LogP contribution in [0, 0.1) is 0 Å². The number of amides is 2. The van der Waals surface area contributed by atoms with Gasteiger partial charge in [0, 0.05) is 29.4 Å². The van der Waals surface area contributed by atoms with Gasteiger partial charge in [-0.2, -0.15) is 9.36 Å². The van der Waals surface area contributed by atoms with Crippen LogP contribution in [0.4, 0.5) is 5.13 Å². The molecule has 0 radical (unpaired) electrons. The standard InChI is InChI=1S/C20H19N7O5S2/c1-32-24-12(15-23-20(21)34-25-15)16(28)22-13-17(29)27-14(19(30)31)11(10-33-18(13)27)6-5-9-26-7-3-2-4-8-26/h2-8,13,18H,9-10H2,1H3,(H3-,21,22,23,25,28,30,31)/t13?,18-/m1/s1. The number of allylic oxidation sites excluding steroid dienone is 2. The van der Waals surface area contributed by atoms with E-state index < -0.39 is 29.2 Å². The molecule has 0 bridgehead atoms. The first-order valence-electron chi connectivity index (χ1n) is 9.92. The topological polar surface area (TPSA) is 167 Å². The lowest BCUT2D eigenvalue weighted by molar-refractivity contribution is -0.687. The highest BCUT2D eigenvalue weighted by Crippen LogP contribution is 2.40. The molecular formula is C20H19N7O5S2. The molecule has 0 spiro atoms. The third-order valence-corrected chi connectivity index (χ3v) is 6.79. The molecule has 12 nitrogen and oxygen atoms in total. The van der Waals surface area contributed by atoms with E-state index in [0.717, 1.165) is 16.4 Å². The Morgan fingerprint density at radius 3 is 2.82 bits per heavy atom. The van der Waals surface area contributed by atoms with E-state index in [1.165, 1.54) is 18.9 Å². The second kappa shape index (κ2) is 10.0. The number of carbonyl (C=O) groups excluding carboxylic acids is 3. The maximum Gasteiger partial charge on any atom is 0.278 e. The third-order valence-electron chi connectivity index (χ3n) is 4.94. The lowest BCUT2D eigenvalue weighted by Gasteiger charge is -2.50. The van der Waals surface area contributed by atoms with Crippen molar-refractivity contribution in [2.24, 2.45) is 5.16 Å². The molecule has 1 fully saturated rings. The van der Waals surface area contributed by atoms with E-state index in [2.05, 4.69) is 19.8 Å². The minimum absolute atomic E-state index is 0.0409. The van der Waals surface area contributed by atoms with E-state index in [4.69, 9.17) is 10.6 Å². The van der Waals surface area contributed by atoms with Crippen LogP contribution in [0.15, 0.2) is 59.2 Å². The lowest BCUT2D eigenvalue weighted by atomic mass is 10.0. The molecule has 2 aromatic heterocycles. The van der Waals surface area contributed by atoms with Crippen molar-refractivity contribution in [2.75, 3.05) is 18.6 Å². The molecule has 14 heteroatoms. The molecule has 0 aliphatic carbocycles. The van der Waals surface area contributed by atoms with E-state index in [-0.39, 0.29) is 22.4 Å². The van der Waals surface area contributed by atoms with Crippen LogP contribution in [0.3, 0.4) is 0 Å². The van der Waals surface area contributed by atoms with Crippen molar-refractivity contribution in [3.8, 4) is 0 Å². The van der Waals surface area contributed by atoms with Crippen LogP contribution < -0.4 is 20.7 Å². The van der Waals surface area contributed by atoms with Gasteiger partial charge in [0.05, 0.1) is 11.7 Å². The molecule has 4 rings (SSSR count). The number of thioether (sulfide) groups is 1. The molecule has 2 aromatic rings. The first-order valence-corrected chi connectivity index (χ1v) is 11.7. The van der Waals surface area contributed by atoms with Crippen molar-refractivity contribution in [3.05, 3.63) is 59.8 Å². The van der Waals surface area contributed by atoms with Gasteiger partial charge in [0.25, 0.3) is 11.8 Å². The monoisotopic (exact) mass is 501 g/mol. The zero-order valence-corrected chi connectivity index (χ0v) is 19.4. The van der Waals surface area contributed by atoms with Gasteiger partial charge < -0.3 is 25.8 Å². The van der Waals surface area contributed by atoms with Gasteiger partial charge in [-0.1, -0.05) is 17.3 Å². The van der Waals surface area contributed by atoms with Crippen molar-refractivity contribution in [1.29, 1.82) is 0 Å². The minimum atomic E-state index is -1.46. The van der Waals surface area contributed by atoms with Gasteiger partial charge in [-0.25, -0.2) is 4.57 Å². The summed E-state index contributed by atoms with van der Waals surface area (Å²) in [4.78, 5) is 47.2. The van der Waals surface area contributed by atoms with E-state index in [1.54, 1.807) is 6.08 Å². The van der Waals surface area contributed by atoms with Crippen LogP contribution >= 0.6 is 23.3 Å². The minimum Gasteiger partial charge on any atom is -0.543 e. The Balaban J connectivity index is 1.49. The Bertz CT molecular complexity index is 1210. The van der Waals surface area contributed by atoms with Gasteiger partial charge in [0.1, 0.15) is 18.5 Å². The summed E-state index contributed by atoms with van der Waals surface area (Å²) in [6.45, 7) is 0.530. The molecule has 2 atom stereocenters. The number of nitrogens with two attached hydrogens (primary N) is 1. The molecule has 2 amide bonds. The number of fused-ring (bicyclic) bond motifs is 1. The number of rotatable bonds is 8. The molecule has 0 saturated carbocycles. The maximum absolute atomic E-state index is 12.8.